The predicted octanol–water partition coefficient (Wildman–Crippen LogP) is -0.973. The van der Waals surface area contributed by atoms with Crippen LogP contribution in [-0.4, -0.2) is 37.9 Å². The lowest BCUT2D eigenvalue weighted by Crippen LogP contribution is -2.43. The van der Waals surface area contributed by atoms with Crippen molar-refractivity contribution < 1.29 is 13.2 Å². The molecular formula is C8H16N2O3S. The molecule has 2 unspecified atom stereocenters. The van der Waals surface area contributed by atoms with Crippen molar-refractivity contribution in [3.05, 3.63) is 0 Å². The second kappa shape index (κ2) is 4.27. The molecule has 0 spiro atoms. The van der Waals surface area contributed by atoms with Gasteiger partial charge in [-0.15, -0.1) is 0 Å². The Labute approximate surface area is 84.0 Å². The second-order valence-electron chi connectivity index (χ2n) is 3.66. The molecule has 0 aliphatic carbocycles. The Morgan fingerprint density at radius 2 is 2.29 bits per heavy atom. The summed E-state index contributed by atoms with van der Waals surface area (Å²) in [7, 11) is -2.92. The van der Waals surface area contributed by atoms with Gasteiger partial charge in [0.25, 0.3) is 0 Å². The van der Waals surface area contributed by atoms with Crippen molar-refractivity contribution in [2.75, 3.05) is 12.3 Å². The molecular weight excluding hydrogens is 204 g/mol. The van der Waals surface area contributed by atoms with Gasteiger partial charge in [0.2, 0.25) is 5.91 Å². The van der Waals surface area contributed by atoms with Gasteiger partial charge in [-0.1, -0.05) is 0 Å². The fourth-order valence-electron chi connectivity index (χ4n) is 1.50. The molecule has 3 N–H and O–H groups in total. The van der Waals surface area contributed by atoms with Gasteiger partial charge in [0, 0.05) is 6.54 Å². The normalized spacial score (nSPS) is 27.4. The minimum atomic E-state index is -2.92. The quantitative estimate of drug-likeness (QED) is 0.637. The number of hydrogen-bond acceptors (Lipinski definition) is 4. The number of carbonyl (C=O) groups excluding carboxylic acids is 1. The van der Waals surface area contributed by atoms with Crippen LogP contribution in [0.4, 0.5) is 0 Å². The molecule has 0 aromatic rings. The number of hydrogen-bond donors (Lipinski definition) is 2. The van der Waals surface area contributed by atoms with Crippen LogP contribution in [0, 0.1) is 0 Å². The summed E-state index contributed by atoms with van der Waals surface area (Å²) in [5, 5.41) is 2.48. The highest BCUT2D eigenvalue weighted by Gasteiger charge is 2.31. The SMILES string of the molecule is CC(NCC1CCCS1(=O)=O)C(N)=O. The minimum absolute atomic E-state index is 0.268. The van der Waals surface area contributed by atoms with E-state index in [0.717, 1.165) is 6.42 Å². The van der Waals surface area contributed by atoms with Crippen molar-refractivity contribution in [2.45, 2.75) is 31.1 Å². The Hall–Kier alpha value is -0.620. The van der Waals surface area contributed by atoms with E-state index in [0.29, 0.717) is 13.0 Å². The lowest BCUT2D eigenvalue weighted by Gasteiger charge is -2.13. The highest BCUT2D eigenvalue weighted by molar-refractivity contribution is 7.92. The fourth-order valence-corrected chi connectivity index (χ4v) is 3.27. The number of primary amides is 1. The summed E-state index contributed by atoms with van der Waals surface area (Å²) >= 11 is 0. The molecule has 0 aromatic heterocycles. The molecule has 1 heterocycles. The third-order valence-corrected chi connectivity index (χ3v) is 4.82. The van der Waals surface area contributed by atoms with Crippen molar-refractivity contribution in [1.82, 2.24) is 5.32 Å². The molecule has 1 aliphatic rings. The molecule has 1 amide bonds. The maximum atomic E-state index is 11.4. The smallest absolute Gasteiger partial charge is 0.234 e. The topological polar surface area (TPSA) is 89.3 Å². The zero-order chi connectivity index (χ0) is 10.8. The van der Waals surface area contributed by atoms with Gasteiger partial charge in [0.15, 0.2) is 9.84 Å². The summed E-state index contributed by atoms with van der Waals surface area (Å²) in [5.41, 5.74) is 5.04. The first-order chi connectivity index (χ1) is 6.43. The third-order valence-electron chi connectivity index (χ3n) is 2.54. The van der Waals surface area contributed by atoms with Crippen LogP contribution in [0.1, 0.15) is 19.8 Å². The molecule has 14 heavy (non-hydrogen) atoms. The number of carbonyl (C=O) groups is 1. The van der Waals surface area contributed by atoms with Gasteiger partial charge in [0.1, 0.15) is 0 Å². The summed E-state index contributed by atoms with van der Waals surface area (Å²) in [5.74, 6) is -0.190. The average molecular weight is 220 g/mol. The molecule has 1 rings (SSSR count). The average Bonchev–Trinajstić information content (AvgIpc) is 2.40. The van der Waals surface area contributed by atoms with Crippen molar-refractivity contribution in [3.63, 3.8) is 0 Å². The van der Waals surface area contributed by atoms with Gasteiger partial charge >= 0.3 is 0 Å². The Morgan fingerprint density at radius 3 is 2.71 bits per heavy atom. The van der Waals surface area contributed by atoms with Gasteiger partial charge in [-0.3, -0.25) is 4.79 Å². The van der Waals surface area contributed by atoms with Gasteiger partial charge in [0.05, 0.1) is 17.0 Å². The van der Waals surface area contributed by atoms with Crippen LogP contribution in [0.2, 0.25) is 0 Å². The molecule has 82 valence electrons. The van der Waals surface area contributed by atoms with E-state index in [4.69, 9.17) is 5.73 Å². The molecule has 1 fully saturated rings. The molecule has 0 saturated carbocycles. The highest BCUT2D eigenvalue weighted by Crippen LogP contribution is 2.18. The van der Waals surface area contributed by atoms with Gasteiger partial charge < -0.3 is 11.1 Å². The second-order valence-corrected chi connectivity index (χ2v) is 6.06. The standard InChI is InChI=1S/C8H16N2O3S/c1-6(8(9)11)10-5-7-3-2-4-14(7,12)13/h6-7,10H,2-5H2,1H3,(H2,9,11). The highest BCUT2D eigenvalue weighted by atomic mass is 32.2. The van der Waals surface area contributed by atoms with Crippen molar-refractivity contribution in [3.8, 4) is 0 Å². The Bertz CT molecular complexity index is 313. The molecule has 2 atom stereocenters. The van der Waals surface area contributed by atoms with E-state index in [-0.39, 0.29) is 11.0 Å². The first-order valence-electron chi connectivity index (χ1n) is 4.68. The van der Waals surface area contributed by atoms with Gasteiger partial charge in [-0.2, -0.15) is 0 Å². The Morgan fingerprint density at radius 1 is 1.64 bits per heavy atom. The first kappa shape index (κ1) is 11.5. The van der Waals surface area contributed by atoms with E-state index >= 15 is 0 Å². The molecule has 6 heteroatoms. The third kappa shape index (κ3) is 2.68. The lowest BCUT2D eigenvalue weighted by molar-refractivity contribution is -0.119. The molecule has 1 saturated heterocycles. The number of rotatable bonds is 4. The summed E-state index contributed by atoms with van der Waals surface area (Å²) in [6.45, 7) is 1.95. The van der Waals surface area contributed by atoms with Gasteiger partial charge in [-0.25, -0.2) is 8.42 Å². The van der Waals surface area contributed by atoms with Crippen LogP contribution >= 0.6 is 0 Å². The molecule has 1 aliphatic heterocycles. The predicted molar refractivity (Wildman–Crippen MR) is 53.5 cm³/mol. The van der Waals surface area contributed by atoms with E-state index < -0.39 is 21.8 Å². The van der Waals surface area contributed by atoms with Crippen LogP contribution in [0.5, 0.6) is 0 Å². The summed E-state index contributed by atoms with van der Waals surface area (Å²) < 4.78 is 22.8. The number of amides is 1. The Kier molecular flexibility index (Phi) is 3.49. The number of nitrogens with one attached hydrogen (secondary N) is 1. The minimum Gasteiger partial charge on any atom is -0.368 e. The van der Waals surface area contributed by atoms with E-state index in [9.17, 15) is 13.2 Å². The summed E-state index contributed by atoms with van der Waals surface area (Å²) in [4.78, 5) is 10.7. The van der Waals surface area contributed by atoms with E-state index in [1.165, 1.54) is 0 Å². The molecule has 0 aromatic carbocycles. The van der Waals surface area contributed by atoms with Crippen LogP contribution in [0.3, 0.4) is 0 Å². The van der Waals surface area contributed by atoms with E-state index in [1.54, 1.807) is 6.92 Å². The Balaban J connectivity index is 2.43. The van der Waals surface area contributed by atoms with Gasteiger partial charge in [-0.05, 0) is 19.8 Å². The van der Waals surface area contributed by atoms with Crippen molar-refractivity contribution in [2.24, 2.45) is 5.73 Å². The van der Waals surface area contributed by atoms with E-state index in [1.807, 2.05) is 0 Å². The van der Waals surface area contributed by atoms with Crippen molar-refractivity contribution >= 4 is 15.7 Å². The van der Waals surface area contributed by atoms with Crippen molar-refractivity contribution in [1.29, 1.82) is 0 Å². The largest absolute Gasteiger partial charge is 0.368 e. The molecule has 5 nitrogen and oxygen atoms in total. The van der Waals surface area contributed by atoms with E-state index in [2.05, 4.69) is 5.32 Å². The molecule has 0 radical (unpaired) electrons. The van der Waals surface area contributed by atoms with Crippen LogP contribution in [0.25, 0.3) is 0 Å². The zero-order valence-corrected chi connectivity index (χ0v) is 9.01. The first-order valence-corrected chi connectivity index (χ1v) is 6.39. The maximum Gasteiger partial charge on any atom is 0.234 e. The summed E-state index contributed by atoms with van der Waals surface area (Å²) in [6.07, 6.45) is 1.40. The van der Waals surface area contributed by atoms with Crippen LogP contribution < -0.4 is 11.1 Å². The van der Waals surface area contributed by atoms with Crippen LogP contribution in [0.15, 0.2) is 0 Å². The number of nitrogens with two attached hydrogens (primary N) is 1. The van der Waals surface area contributed by atoms with Crippen LogP contribution in [-0.2, 0) is 14.6 Å². The number of sulfone groups is 1. The lowest BCUT2D eigenvalue weighted by atomic mass is 10.2. The monoisotopic (exact) mass is 220 g/mol. The maximum absolute atomic E-state index is 11.4. The molecule has 0 bridgehead atoms. The zero-order valence-electron chi connectivity index (χ0n) is 8.19. The fraction of sp³-hybridized carbons (Fsp3) is 0.875. The summed E-state index contributed by atoms with van der Waals surface area (Å²) in [6, 6.07) is -0.467.